The monoisotopic (exact) mass is 340 g/mol. The maximum Gasteiger partial charge on any atom is 0.290 e. The summed E-state index contributed by atoms with van der Waals surface area (Å²) in [6, 6.07) is 7.56. The van der Waals surface area contributed by atoms with Gasteiger partial charge in [-0.05, 0) is 18.9 Å². The Hall–Kier alpha value is -2.73. The number of benzene rings is 1. The number of aromatic nitrogens is 1. The Balaban J connectivity index is 2.43. The molecule has 1 aliphatic rings. The Kier molecular flexibility index (Phi) is 3.88. The van der Waals surface area contributed by atoms with E-state index in [1.165, 1.54) is 0 Å². The number of quaternary nitrogens is 1. The van der Waals surface area contributed by atoms with Crippen LogP contribution >= 0.6 is 0 Å². The molecule has 2 N–H and O–H groups in total. The van der Waals surface area contributed by atoms with Crippen LogP contribution in [0.5, 0.6) is 0 Å². The molecule has 130 valence electrons. The van der Waals surface area contributed by atoms with Gasteiger partial charge >= 0.3 is 0 Å². The molecule has 0 saturated heterocycles. The molecule has 2 heterocycles. The van der Waals surface area contributed by atoms with E-state index in [0.717, 1.165) is 22.5 Å². The fourth-order valence-corrected chi connectivity index (χ4v) is 3.53. The summed E-state index contributed by atoms with van der Waals surface area (Å²) in [6.45, 7) is 5.84. The summed E-state index contributed by atoms with van der Waals surface area (Å²) in [4.78, 5) is 24.4. The van der Waals surface area contributed by atoms with Crippen molar-refractivity contribution < 1.29 is 14.1 Å². The fourth-order valence-electron chi connectivity index (χ4n) is 3.53. The van der Waals surface area contributed by atoms with Gasteiger partial charge in [0.25, 0.3) is 11.7 Å². The summed E-state index contributed by atoms with van der Waals surface area (Å²) in [5.41, 5.74) is 9.58. The van der Waals surface area contributed by atoms with Crippen LogP contribution in [0.15, 0.2) is 28.8 Å². The molecule has 6 heteroatoms. The average Bonchev–Trinajstić information content (AvgIpc) is 3.02. The zero-order valence-electron chi connectivity index (χ0n) is 15.1. The van der Waals surface area contributed by atoms with Gasteiger partial charge in [-0.3, -0.25) is 14.1 Å². The number of Topliss-reactive ketones (excluding diaryl/α,β-unsaturated/α-hetero) is 1. The lowest BCUT2D eigenvalue weighted by molar-refractivity contribution is -0.132. The number of amides is 1. The van der Waals surface area contributed by atoms with Crippen molar-refractivity contribution in [1.82, 2.24) is 9.64 Å². The highest BCUT2D eigenvalue weighted by Gasteiger charge is 2.46. The van der Waals surface area contributed by atoms with Gasteiger partial charge in [0, 0.05) is 6.07 Å². The van der Waals surface area contributed by atoms with E-state index in [-0.39, 0.29) is 5.92 Å². The van der Waals surface area contributed by atoms with E-state index in [2.05, 4.69) is 5.16 Å². The summed E-state index contributed by atoms with van der Waals surface area (Å²) in [5.74, 6) is -0.938. The highest BCUT2D eigenvalue weighted by Crippen LogP contribution is 2.49. The number of rotatable bonds is 4. The van der Waals surface area contributed by atoms with Crippen molar-refractivity contribution in [2.24, 2.45) is 5.73 Å². The number of hydrogen-bond acceptors (Lipinski definition) is 4. The Bertz CT molecular complexity index is 920. The molecular formula is C19H22N3O3+. The van der Waals surface area contributed by atoms with Crippen LogP contribution < -0.4 is 10.2 Å². The van der Waals surface area contributed by atoms with Crippen molar-refractivity contribution in [3.63, 3.8) is 0 Å². The van der Waals surface area contributed by atoms with Crippen LogP contribution in [0, 0.1) is 6.92 Å². The van der Waals surface area contributed by atoms with Gasteiger partial charge in [0.15, 0.2) is 5.70 Å². The van der Waals surface area contributed by atoms with E-state index in [9.17, 15) is 9.59 Å². The molecule has 1 aromatic carbocycles. The van der Waals surface area contributed by atoms with E-state index in [1.807, 2.05) is 59.1 Å². The molecule has 0 unspecified atom stereocenters. The molecule has 0 bridgehead atoms. The quantitative estimate of drug-likeness (QED) is 0.685. The number of para-hydroxylation sites is 1. The molecule has 0 saturated carbocycles. The minimum absolute atomic E-state index is 0.105. The SMILES string of the molecule is Cc1onc(C(C)C)c1C1=C(C(=O)C(N)=O)c2ccccc2[N+]1(C)C. The highest BCUT2D eigenvalue weighted by atomic mass is 16.5. The van der Waals surface area contributed by atoms with Crippen LogP contribution in [-0.4, -0.2) is 30.9 Å². The summed E-state index contributed by atoms with van der Waals surface area (Å²) in [5, 5.41) is 4.18. The molecule has 25 heavy (non-hydrogen) atoms. The molecule has 0 fully saturated rings. The zero-order valence-corrected chi connectivity index (χ0v) is 15.1. The summed E-state index contributed by atoms with van der Waals surface area (Å²) >= 11 is 0. The second-order valence-corrected chi connectivity index (χ2v) is 7.04. The number of nitrogens with two attached hydrogens (primary N) is 1. The molecule has 0 atom stereocenters. The van der Waals surface area contributed by atoms with Gasteiger partial charge in [-0.2, -0.15) is 0 Å². The first-order valence-corrected chi connectivity index (χ1v) is 8.17. The van der Waals surface area contributed by atoms with E-state index >= 15 is 0 Å². The molecule has 1 aromatic heterocycles. The van der Waals surface area contributed by atoms with Crippen LogP contribution in [0.3, 0.4) is 0 Å². The lowest BCUT2D eigenvalue weighted by Gasteiger charge is -2.28. The molecule has 1 amide bonds. The fraction of sp³-hybridized carbons (Fsp3) is 0.316. The van der Waals surface area contributed by atoms with E-state index < -0.39 is 11.7 Å². The van der Waals surface area contributed by atoms with Crippen molar-refractivity contribution in [3.8, 4) is 0 Å². The topological polar surface area (TPSA) is 86.2 Å². The minimum atomic E-state index is -0.968. The van der Waals surface area contributed by atoms with Gasteiger partial charge in [-0.15, -0.1) is 0 Å². The van der Waals surface area contributed by atoms with Crippen LogP contribution in [0.1, 0.15) is 42.3 Å². The first-order valence-electron chi connectivity index (χ1n) is 8.17. The third-order valence-electron chi connectivity index (χ3n) is 4.70. The van der Waals surface area contributed by atoms with Crippen molar-refractivity contribution in [2.75, 3.05) is 14.1 Å². The first-order chi connectivity index (χ1) is 11.7. The lowest BCUT2D eigenvalue weighted by atomic mass is 9.95. The van der Waals surface area contributed by atoms with Crippen molar-refractivity contribution in [3.05, 3.63) is 46.8 Å². The largest absolute Gasteiger partial charge is 0.363 e. The molecule has 0 spiro atoms. The molecule has 1 aliphatic heterocycles. The number of hydrogen-bond donors (Lipinski definition) is 1. The highest BCUT2D eigenvalue weighted by molar-refractivity contribution is 6.56. The Morgan fingerprint density at radius 1 is 1.20 bits per heavy atom. The number of carbonyl (C=O) groups excluding carboxylic acids is 2. The lowest BCUT2D eigenvalue weighted by Crippen LogP contribution is -2.37. The van der Waals surface area contributed by atoms with Gasteiger partial charge in [0.05, 0.1) is 25.4 Å². The third-order valence-corrected chi connectivity index (χ3v) is 4.70. The maximum atomic E-state index is 12.7. The van der Waals surface area contributed by atoms with Crippen molar-refractivity contribution in [1.29, 1.82) is 0 Å². The van der Waals surface area contributed by atoms with Gasteiger partial charge in [0.2, 0.25) is 0 Å². The molecule has 2 aromatic rings. The molecule has 0 radical (unpaired) electrons. The third kappa shape index (κ3) is 2.41. The minimum Gasteiger partial charge on any atom is -0.363 e. The molecule has 3 rings (SSSR count). The number of fused-ring (bicyclic) bond motifs is 1. The standard InChI is InChI=1S/C19H21N3O3/c1-10(2)16-14(11(3)25-21-16)17-15(18(23)19(20)24)12-8-6-7-9-13(12)22(17,4)5/h6-10H,1-5H3,(H-,20,24)/p+1. The van der Waals surface area contributed by atoms with E-state index in [1.54, 1.807) is 0 Å². The average molecular weight is 340 g/mol. The summed E-state index contributed by atoms with van der Waals surface area (Å²) < 4.78 is 5.74. The Labute approximate surface area is 146 Å². The van der Waals surface area contributed by atoms with Crippen LogP contribution in [0.25, 0.3) is 11.3 Å². The molecular weight excluding hydrogens is 318 g/mol. The van der Waals surface area contributed by atoms with Crippen molar-refractivity contribution >= 4 is 28.6 Å². The smallest absolute Gasteiger partial charge is 0.290 e. The number of aryl methyl sites for hydroxylation is 1. The first kappa shape index (κ1) is 17.1. The number of carbonyl (C=O) groups is 2. The predicted octanol–water partition coefficient (Wildman–Crippen LogP) is 2.61. The predicted molar refractivity (Wildman–Crippen MR) is 96.4 cm³/mol. The zero-order chi connectivity index (χ0) is 18.5. The second kappa shape index (κ2) is 5.67. The van der Waals surface area contributed by atoms with Gasteiger partial charge < -0.3 is 10.3 Å². The van der Waals surface area contributed by atoms with Gasteiger partial charge in [0.1, 0.15) is 22.6 Å². The van der Waals surface area contributed by atoms with Crippen molar-refractivity contribution in [2.45, 2.75) is 26.7 Å². The van der Waals surface area contributed by atoms with Gasteiger partial charge in [-0.25, -0.2) is 0 Å². The number of nitrogens with zero attached hydrogens (tertiary/aromatic N) is 2. The summed E-state index contributed by atoms with van der Waals surface area (Å²) in [7, 11) is 3.96. The molecule has 0 aliphatic carbocycles. The van der Waals surface area contributed by atoms with E-state index in [0.29, 0.717) is 21.5 Å². The molecule has 6 nitrogen and oxygen atoms in total. The number of ketones is 1. The van der Waals surface area contributed by atoms with E-state index in [4.69, 9.17) is 10.3 Å². The number of primary amides is 1. The Morgan fingerprint density at radius 3 is 2.44 bits per heavy atom. The summed E-state index contributed by atoms with van der Waals surface area (Å²) in [6.07, 6.45) is 0. The van der Waals surface area contributed by atoms with Gasteiger partial charge in [-0.1, -0.05) is 31.1 Å². The van der Waals surface area contributed by atoms with Crippen LogP contribution in [-0.2, 0) is 9.59 Å². The Morgan fingerprint density at radius 2 is 1.84 bits per heavy atom. The second-order valence-electron chi connectivity index (χ2n) is 7.04. The van der Waals surface area contributed by atoms with Crippen LogP contribution in [0.2, 0.25) is 0 Å². The maximum absolute atomic E-state index is 12.7. The normalized spacial score (nSPS) is 15.6. The van der Waals surface area contributed by atoms with Crippen LogP contribution in [0.4, 0.5) is 5.69 Å².